The summed E-state index contributed by atoms with van der Waals surface area (Å²) in [4.78, 5) is 23.0. The molecule has 0 radical (unpaired) electrons. The Kier molecular flexibility index (Phi) is 4.52. The zero-order valence-corrected chi connectivity index (χ0v) is 12.9. The Labute approximate surface area is 128 Å². The Bertz CT molecular complexity index is 678. The standard InChI is InChI=1S/C14H18N2O5S/c1-2-22(20,21)15-9-10-3-5-11(6-4-10)12(17)16-14(7-8-14)13(18)19/h3-6,15H,2,7-9H2,1H3,(H,16,17)(H,18,19). The van der Waals surface area contributed by atoms with Gasteiger partial charge in [-0.3, -0.25) is 4.79 Å². The molecule has 0 bridgehead atoms. The molecular weight excluding hydrogens is 308 g/mol. The lowest BCUT2D eigenvalue weighted by atomic mass is 10.1. The predicted octanol–water partition coefficient (Wildman–Crippen LogP) is 0.473. The fraction of sp³-hybridized carbons (Fsp3) is 0.429. The molecule has 0 atom stereocenters. The molecule has 3 N–H and O–H groups in total. The Balaban J connectivity index is 1.97. The second kappa shape index (κ2) is 6.05. The number of aliphatic carboxylic acids is 1. The third-order valence-electron chi connectivity index (χ3n) is 3.60. The summed E-state index contributed by atoms with van der Waals surface area (Å²) >= 11 is 0. The lowest BCUT2D eigenvalue weighted by molar-refractivity contribution is -0.140. The molecular formula is C14H18N2O5S. The first kappa shape index (κ1) is 16.4. The number of carboxylic acid groups (broad SMARTS) is 1. The molecule has 0 heterocycles. The fourth-order valence-corrected chi connectivity index (χ4v) is 2.47. The van der Waals surface area contributed by atoms with E-state index in [1.54, 1.807) is 31.2 Å². The zero-order chi connectivity index (χ0) is 16.4. The van der Waals surface area contributed by atoms with Gasteiger partial charge in [0.1, 0.15) is 5.54 Å². The summed E-state index contributed by atoms with van der Waals surface area (Å²) in [6, 6.07) is 6.35. The molecule has 0 saturated heterocycles. The molecule has 0 aliphatic heterocycles. The van der Waals surface area contributed by atoms with Gasteiger partial charge in [-0.25, -0.2) is 17.9 Å². The van der Waals surface area contributed by atoms with Crippen LogP contribution in [0.5, 0.6) is 0 Å². The molecule has 7 nitrogen and oxygen atoms in total. The van der Waals surface area contributed by atoms with E-state index in [1.165, 1.54) is 0 Å². The van der Waals surface area contributed by atoms with Crippen LogP contribution in [0.4, 0.5) is 0 Å². The van der Waals surface area contributed by atoms with Gasteiger partial charge in [0.25, 0.3) is 5.91 Å². The van der Waals surface area contributed by atoms with Gasteiger partial charge in [0.15, 0.2) is 0 Å². The Hall–Kier alpha value is -1.93. The maximum atomic E-state index is 12.0. The summed E-state index contributed by atoms with van der Waals surface area (Å²) in [7, 11) is -3.26. The third kappa shape index (κ3) is 3.83. The zero-order valence-electron chi connectivity index (χ0n) is 12.1. The topological polar surface area (TPSA) is 113 Å². The summed E-state index contributed by atoms with van der Waals surface area (Å²) in [5.41, 5.74) is -0.0606. The largest absolute Gasteiger partial charge is 0.480 e. The van der Waals surface area contributed by atoms with Gasteiger partial charge in [0.05, 0.1) is 5.75 Å². The molecule has 22 heavy (non-hydrogen) atoms. The SMILES string of the molecule is CCS(=O)(=O)NCc1ccc(C(=O)NC2(C(=O)O)CC2)cc1. The number of amides is 1. The molecule has 1 aromatic carbocycles. The number of carbonyl (C=O) groups is 2. The monoisotopic (exact) mass is 326 g/mol. The minimum atomic E-state index is -3.26. The molecule has 120 valence electrons. The van der Waals surface area contributed by atoms with Gasteiger partial charge in [-0.1, -0.05) is 12.1 Å². The van der Waals surface area contributed by atoms with Crippen molar-refractivity contribution in [3.05, 3.63) is 35.4 Å². The number of hydrogen-bond acceptors (Lipinski definition) is 4. The normalized spacial score (nSPS) is 16.0. The maximum absolute atomic E-state index is 12.0. The number of carboxylic acids is 1. The van der Waals surface area contributed by atoms with Crippen molar-refractivity contribution in [1.82, 2.24) is 10.0 Å². The maximum Gasteiger partial charge on any atom is 0.329 e. The molecule has 1 aliphatic carbocycles. The van der Waals surface area contributed by atoms with Gasteiger partial charge in [-0.05, 0) is 37.5 Å². The Morgan fingerprint density at radius 1 is 1.23 bits per heavy atom. The predicted molar refractivity (Wildman–Crippen MR) is 79.8 cm³/mol. The lowest BCUT2D eigenvalue weighted by Gasteiger charge is -2.12. The van der Waals surface area contributed by atoms with E-state index in [9.17, 15) is 18.0 Å². The molecule has 0 aromatic heterocycles. The van der Waals surface area contributed by atoms with E-state index in [0.717, 1.165) is 0 Å². The van der Waals surface area contributed by atoms with Gasteiger partial charge >= 0.3 is 5.97 Å². The fourth-order valence-electron chi connectivity index (χ4n) is 1.88. The van der Waals surface area contributed by atoms with Crippen molar-refractivity contribution < 1.29 is 23.1 Å². The molecule has 1 aliphatic rings. The van der Waals surface area contributed by atoms with Gasteiger partial charge in [-0.2, -0.15) is 0 Å². The quantitative estimate of drug-likeness (QED) is 0.674. The van der Waals surface area contributed by atoms with Crippen LogP contribution in [0.3, 0.4) is 0 Å². The highest BCUT2D eigenvalue weighted by Gasteiger charge is 2.51. The number of sulfonamides is 1. The average molecular weight is 326 g/mol. The van der Waals surface area contributed by atoms with E-state index < -0.39 is 27.4 Å². The molecule has 1 aromatic rings. The van der Waals surface area contributed by atoms with Crippen molar-refractivity contribution in [1.29, 1.82) is 0 Å². The van der Waals surface area contributed by atoms with Crippen LogP contribution >= 0.6 is 0 Å². The second-order valence-electron chi connectivity index (χ2n) is 5.26. The number of carbonyl (C=O) groups excluding carboxylic acids is 1. The van der Waals surface area contributed by atoms with E-state index in [2.05, 4.69) is 10.0 Å². The second-order valence-corrected chi connectivity index (χ2v) is 7.36. The average Bonchev–Trinajstić information content (AvgIpc) is 3.27. The van der Waals surface area contributed by atoms with Crippen molar-refractivity contribution in [2.45, 2.75) is 31.8 Å². The van der Waals surface area contributed by atoms with E-state index in [1.807, 2.05) is 0 Å². The highest BCUT2D eigenvalue weighted by atomic mass is 32.2. The Morgan fingerprint density at radius 3 is 2.27 bits per heavy atom. The highest BCUT2D eigenvalue weighted by Crippen LogP contribution is 2.35. The third-order valence-corrected chi connectivity index (χ3v) is 4.95. The number of rotatable bonds is 7. The summed E-state index contributed by atoms with van der Waals surface area (Å²) < 4.78 is 25.1. The smallest absolute Gasteiger partial charge is 0.329 e. The van der Waals surface area contributed by atoms with Crippen molar-refractivity contribution >= 4 is 21.9 Å². The van der Waals surface area contributed by atoms with Gasteiger partial charge in [-0.15, -0.1) is 0 Å². The van der Waals surface area contributed by atoms with Crippen molar-refractivity contribution in [2.24, 2.45) is 0 Å². The summed E-state index contributed by atoms with van der Waals surface area (Å²) in [6.07, 6.45) is 0.871. The summed E-state index contributed by atoms with van der Waals surface area (Å²) in [5.74, 6) is -1.46. The van der Waals surface area contributed by atoms with E-state index in [0.29, 0.717) is 24.0 Å². The van der Waals surface area contributed by atoms with Crippen molar-refractivity contribution in [3.63, 3.8) is 0 Å². The van der Waals surface area contributed by atoms with Gasteiger partial charge < -0.3 is 10.4 Å². The van der Waals surface area contributed by atoms with Gasteiger partial charge in [0.2, 0.25) is 10.0 Å². The first-order valence-corrected chi connectivity index (χ1v) is 8.55. The number of hydrogen-bond donors (Lipinski definition) is 3. The molecule has 1 saturated carbocycles. The van der Waals surface area contributed by atoms with Crippen molar-refractivity contribution in [2.75, 3.05) is 5.75 Å². The minimum Gasteiger partial charge on any atom is -0.480 e. The molecule has 0 spiro atoms. The van der Waals surface area contributed by atoms with Crippen LogP contribution in [0.2, 0.25) is 0 Å². The first-order valence-electron chi connectivity index (χ1n) is 6.90. The molecule has 1 amide bonds. The Morgan fingerprint density at radius 2 is 1.82 bits per heavy atom. The number of benzene rings is 1. The minimum absolute atomic E-state index is 0.00472. The molecule has 1 fully saturated rings. The van der Waals surface area contributed by atoms with E-state index >= 15 is 0 Å². The molecule has 8 heteroatoms. The number of nitrogens with one attached hydrogen (secondary N) is 2. The van der Waals surface area contributed by atoms with Crippen LogP contribution in [-0.4, -0.2) is 36.7 Å². The first-order chi connectivity index (χ1) is 10.3. The van der Waals surface area contributed by atoms with Crippen LogP contribution in [0.15, 0.2) is 24.3 Å². The van der Waals surface area contributed by atoms with Crippen LogP contribution in [-0.2, 0) is 21.4 Å². The van der Waals surface area contributed by atoms with E-state index in [4.69, 9.17) is 5.11 Å². The van der Waals surface area contributed by atoms with Crippen LogP contribution < -0.4 is 10.0 Å². The van der Waals surface area contributed by atoms with Crippen molar-refractivity contribution in [3.8, 4) is 0 Å². The van der Waals surface area contributed by atoms with Crippen LogP contribution in [0.25, 0.3) is 0 Å². The summed E-state index contributed by atoms with van der Waals surface area (Å²) in [6.45, 7) is 1.70. The summed E-state index contributed by atoms with van der Waals surface area (Å²) in [5, 5.41) is 11.6. The lowest BCUT2D eigenvalue weighted by Crippen LogP contribution is -2.43. The molecule has 2 rings (SSSR count). The van der Waals surface area contributed by atoms with Gasteiger partial charge in [0, 0.05) is 12.1 Å². The van der Waals surface area contributed by atoms with Crippen LogP contribution in [0.1, 0.15) is 35.7 Å². The highest BCUT2D eigenvalue weighted by molar-refractivity contribution is 7.89. The molecule has 0 unspecified atom stereocenters. The van der Waals surface area contributed by atoms with E-state index in [-0.39, 0.29) is 12.3 Å². The van der Waals surface area contributed by atoms with Crippen LogP contribution in [0, 0.1) is 0 Å².